The average Bonchev–Trinajstić information content (AvgIpc) is 2.93. The number of hydrogen-bond acceptors (Lipinski definition) is 6. The summed E-state index contributed by atoms with van der Waals surface area (Å²) in [5.74, 6) is 2.35. The Morgan fingerprint density at radius 1 is 0.500 bits per heavy atom. The smallest absolute Gasteiger partial charge is 0.196 e. The summed E-state index contributed by atoms with van der Waals surface area (Å²) >= 11 is 0. The molecule has 0 radical (unpaired) electrons. The molecule has 0 aliphatic rings. The van der Waals surface area contributed by atoms with Crippen molar-refractivity contribution in [3.63, 3.8) is 0 Å². The maximum absolute atomic E-state index is 5.99. The third-order valence-corrected chi connectivity index (χ3v) is 7.48. The van der Waals surface area contributed by atoms with Gasteiger partial charge < -0.3 is 28.4 Å². The van der Waals surface area contributed by atoms with Crippen LogP contribution < -0.4 is 14.2 Å². The summed E-state index contributed by atoms with van der Waals surface area (Å²) in [4.78, 5) is 0. The first-order valence-electron chi connectivity index (χ1n) is 15.2. The monoisotopic (exact) mass is 578 g/mol. The Balaban J connectivity index is 2.04. The Morgan fingerprint density at radius 3 is 1.10 bits per heavy atom. The zero-order chi connectivity index (χ0) is 30.8. The molecule has 3 unspecified atom stereocenters. The van der Waals surface area contributed by atoms with E-state index in [2.05, 4.69) is 57.2 Å². The Hall–Kier alpha value is -3.06. The molecular formula is C36H50O6. The number of ether oxygens (including phenoxy) is 6. The molecule has 3 aromatic rings. The second kappa shape index (κ2) is 15.4. The molecule has 0 aliphatic heterocycles. The molecule has 3 rings (SSSR count). The first-order valence-corrected chi connectivity index (χ1v) is 15.2. The van der Waals surface area contributed by atoms with Crippen LogP contribution >= 0.6 is 0 Å². The summed E-state index contributed by atoms with van der Waals surface area (Å²) in [6, 6.07) is 25.2. The molecule has 0 bridgehead atoms. The van der Waals surface area contributed by atoms with Crippen molar-refractivity contribution in [2.24, 2.45) is 5.41 Å². The lowest BCUT2D eigenvalue weighted by molar-refractivity contribution is -0.0617. The SMILES string of the molecule is CCOC(C)Oc1ccc(CC(c2ccc(OC(C)OCC)cc2)(c2ccc(OC(C)OCC)cc2)C(C)(C)C)cc1. The van der Waals surface area contributed by atoms with E-state index in [0.717, 1.165) is 23.7 Å². The van der Waals surface area contributed by atoms with E-state index in [1.54, 1.807) is 0 Å². The molecule has 6 heteroatoms. The number of hydrogen-bond donors (Lipinski definition) is 0. The van der Waals surface area contributed by atoms with Crippen LogP contribution in [0.3, 0.4) is 0 Å². The molecular weight excluding hydrogens is 528 g/mol. The lowest BCUT2D eigenvalue weighted by Gasteiger charge is -2.46. The van der Waals surface area contributed by atoms with Crippen LogP contribution in [-0.4, -0.2) is 38.7 Å². The van der Waals surface area contributed by atoms with Crippen molar-refractivity contribution >= 4 is 0 Å². The highest BCUT2D eigenvalue weighted by atomic mass is 16.7. The van der Waals surface area contributed by atoms with Crippen molar-refractivity contribution in [3.8, 4) is 17.2 Å². The molecule has 230 valence electrons. The molecule has 0 aliphatic carbocycles. The van der Waals surface area contributed by atoms with Gasteiger partial charge >= 0.3 is 0 Å². The Bertz CT molecular complexity index is 1120. The quantitative estimate of drug-likeness (QED) is 0.159. The lowest BCUT2D eigenvalue weighted by Crippen LogP contribution is -2.43. The second-order valence-electron chi connectivity index (χ2n) is 11.4. The summed E-state index contributed by atoms with van der Waals surface area (Å²) in [7, 11) is 0. The van der Waals surface area contributed by atoms with Crippen LogP contribution in [0.2, 0.25) is 0 Å². The fourth-order valence-electron chi connectivity index (χ4n) is 5.51. The highest BCUT2D eigenvalue weighted by Crippen LogP contribution is 2.50. The van der Waals surface area contributed by atoms with Crippen LogP contribution in [0.5, 0.6) is 17.2 Å². The maximum Gasteiger partial charge on any atom is 0.196 e. The largest absolute Gasteiger partial charge is 0.465 e. The van der Waals surface area contributed by atoms with Crippen molar-refractivity contribution in [1.82, 2.24) is 0 Å². The molecule has 0 amide bonds. The summed E-state index contributed by atoms with van der Waals surface area (Å²) < 4.78 is 34.6. The van der Waals surface area contributed by atoms with Crippen LogP contribution in [0.1, 0.15) is 79.0 Å². The summed E-state index contributed by atoms with van der Waals surface area (Å²) in [5, 5.41) is 0. The molecule has 0 spiro atoms. The van der Waals surface area contributed by atoms with Gasteiger partial charge in [0, 0.05) is 25.2 Å². The highest BCUT2D eigenvalue weighted by Gasteiger charge is 2.45. The van der Waals surface area contributed by atoms with E-state index in [4.69, 9.17) is 28.4 Å². The number of rotatable bonds is 16. The van der Waals surface area contributed by atoms with Gasteiger partial charge in [0.25, 0.3) is 0 Å². The Morgan fingerprint density at radius 2 is 0.810 bits per heavy atom. The van der Waals surface area contributed by atoms with Crippen LogP contribution in [-0.2, 0) is 26.0 Å². The summed E-state index contributed by atoms with van der Waals surface area (Å²) in [5.41, 5.74) is 3.08. The molecule has 0 saturated carbocycles. The Kier molecular flexibility index (Phi) is 12.3. The zero-order valence-electron chi connectivity index (χ0n) is 26.9. The minimum absolute atomic E-state index is 0.159. The molecule has 6 nitrogen and oxygen atoms in total. The van der Waals surface area contributed by atoms with Crippen molar-refractivity contribution in [3.05, 3.63) is 89.5 Å². The summed E-state index contributed by atoms with van der Waals surface area (Å²) in [6.07, 6.45) is -0.146. The fraction of sp³-hybridized carbons (Fsp3) is 0.500. The van der Waals surface area contributed by atoms with E-state index in [-0.39, 0.29) is 29.7 Å². The van der Waals surface area contributed by atoms with Gasteiger partial charge in [0.05, 0.1) is 0 Å². The third kappa shape index (κ3) is 8.73. The zero-order valence-corrected chi connectivity index (χ0v) is 26.9. The minimum atomic E-state index is -0.373. The van der Waals surface area contributed by atoms with Crippen molar-refractivity contribution in [2.75, 3.05) is 19.8 Å². The molecule has 0 N–H and O–H groups in total. The topological polar surface area (TPSA) is 55.4 Å². The predicted molar refractivity (Wildman–Crippen MR) is 168 cm³/mol. The predicted octanol–water partition coefficient (Wildman–Crippen LogP) is 8.55. The van der Waals surface area contributed by atoms with E-state index in [0.29, 0.717) is 19.8 Å². The van der Waals surface area contributed by atoms with E-state index >= 15 is 0 Å². The van der Waals surface area contributed by atoms with Crippen molar-refractivity contribution < 1.29 is 28.4 Å². The van der Waals surface area contributed by atoms with Gasteiger partial charge in [-0.3, -0.25) is 0 Å². The molecule has 0 fully saturated rings. The normalized spacial score (nSPS) is 15.4. The minimum Gasteiger partial charge on any atom is -0.465 e. The van der Waals surface area contributed by atoms with Gasteiger partial charge in [0.2, 0.25) is 0 Å². The van der Waals surface area contributed by atoms with Gasteiger partial charge in [-0.25, -0.2) is 0 Å². The van der Waals surface area contributed by atoms with Crippen molar-refractivity contribution in [2.45, 2.75) is 93.0 Å². The van der Waals surface area contributed by atoms with E-state index < -0.39 is 0 Å². The number of benzene rings is 3. The van der Waals surface area contributed by atoms with E-state index in [1.165, 1.54) is 16.7 Å². The summed E-state index contributed by atoms with van der Waals surface area (Å²) in [6.45, 7) is 20.3. The van der Waals surface area contributed by atoms with Gasteiger partial charge in [-0.1, -0.05) is 57.2 Å². The van der Waals surface area contributed by atoms with Crippen LogP contribution in [0.15, 0.2) is 72.8 Å². The van der Waals surface area contributed by atoms with Gasteiger partial charge in [-0.2, -0.15) is 0 Å². The Labute approximate surface area is 253 Å². The molecule has 0 saturated heterocycles. The van der Waals surface area contributed by atoms with Gasteiger partial charge in [-0.15, -0.1) is 0 Å². The fourth-order valence-corrected chi connectivity index (χ4v) is 5.51. The standard InChI is InChI=1S/C36H50O6/c1-10-37-26(4)40-32-19-13-29(14-20-32)25-36(35(7,8)9,30-15-21-33(22-16-30)41-27(5)38-11-2)31-17-23-34(24-18-31)42-28(6)39-12-3/h13-24,26-28H,10-12,25H2,1-9H3. The van der Waals surface area contributed by atoms with Gasteiger partial charge in [0.1, 0.15) is 17.2 Å². The van der Waals surface area contributed by atoms with Crippen LogP contribution in [0.4, 0.5) is 0 Å². The van der Waals surface area contributed by atoms with Crippen molar-refractivity contribution in [1.29, 1.82) is 0 Å². The lowest BCUT2D eigenvalue weighted by atomic mass is 9.56. The van der Waals surface area contributed by atoms with Gasteiger partial charge in [0.15, 0.2) is 18.9 Å². The van der Waals surface area contributed by atoms with Crippen LogP contribution in [0, 0.1) is 5.41 Å². The van der Waals surface area contributed by atoms with Gasteiger partial charge in [-0.05, 0) is 106 Å². The molecule has 3 aromatic carbocycles. The average molecular weight is 579 g/mol. The van der Waals surface area contributed by atoms with Crippen LogP contribution in [0.25, 0.3) is 0 Å². The third-order valence-electron chi connectivity index (χ3n) is 7.48. The highest BCUT2D eigenvalue weighted by molar-refractivity contribution is 5.47. The van der Waals surface area contributed by atoms with E-state index in [1.807, 2.05) is 77.9 Å². The second-order valence-corrected chi connectivity index (χ2v) is 11.4. The molecule has 3 atom stereocenters. The molecule has 0 aromatic heterocycles. The molecule has 42 heavy (non-hydrogen) atoms. The first kappa shape index (κ1) is 33.4. The first-order chi connectivity index (χ1) is 20.0. The maximum atomic E-state index is 5.99. The van der Waals surface area contributed by atoms with E-state index in [9.17, 15) is 0 Å². The molecule has 0 heterocycles.